The van der Waals surface area contributed by atoms with Crippen molar-refractivity contribution in [1.29, 1.82) is 0 Å². The Morgan fingerprint density at radius 2 is 1.90 bits per heavy atom. The van der Waals surface area contributed by atoms with Crippen LogP contribution in [0.5, 0.6) is 0 Å². The van der Waals surface area contributed by atoms with Gasteiger partial charge in [0.15, 0.2) is 0 Å². The Balaban J connectivity index is 1.94. The number of nitrogens with one attached hydrogen (secondary N) is 1. The summed E-state index contributed by atoms with van der Waals surface area (Å²) in [5.74, 6) is -0.190. The van der Waals surface area contributed by atoms with Crippen LogP contribution >= 0.6 is 15.9 Å². The molecule has 1 fully saturated rings. The lowest BCUT2D eigenvalue weighted by Gasteiger charge is -2.29. The molecule has 0 atom stereocenters. The van der Waals surface area contributed by atoms with Crippen LogP contribution in [0.2, 0.25) is 0 Å². The Morgan fingerprint density at radius 3 is 2.45 bits per heavy atom. The highest BCUT2D eigenvalue weighted by molar-refractivity contribution is 9.10. The molecule has 20 heavy (non-hydrogen) atoms. The quantitative estimate of drug-likeness (QED) is 0.896. The molecule has 1 aliphatic rings. The van der Waals surface area contributed by atoms with Gasteiger partial charge in [-0.2, -0.15) is 0 Å². The Kier molecular flexibility index (Phi) is 4.82. The van der Waals surface area contributed by atoms with Crippen molar-refractivity contribution in [2.45, 2.75) is 12.8 Å². The van der Waals surface area contributed by atoms with Crippen LogP contribution in [0, 0.1) is 5.92 Å². The van der Waals surface area contributed by atoms with Gasteiger partial charge >= 0.3 is 0 Å². The second kappa shape index (κ2) is 6.24. The average molecular weight is 361 g/mol. The van der Waals surface area contributed by atoms with Gasteiger partial charge in [0, 0.05) is 23.5 Å². The predicted octanol–water partition coefficient (Wildman–Crippen LogP) is 2.06. The number of sulfonamides is 1. The summed E-state index contributed by atoms with van der Waals surface area (Å²) in [4.78, 5) is 12.2. The maximum atomic E-state index is 12.2. The number of piperidine rings is 1. The largest absolute Gasteiger partial charge is 0.325 e. The minimum absolute atomic E-state index is 0.0509. The summed E-state index contributed by atoms with van der Waals surface area (Å²) in [5, 5.41) is 2.88. The molecule has 1 heterocycles. The van der Waals surface area contributed by atoms with E-state index in [1.54, 1.807) is 0 Å². The van der Waals surface area contributed by atoms with Crippen LogP contribution in [0.4, 0.5) is 5.69 Å². The summed E-state index contributed by atoms with van der Waals surface area (Å²) in [6.07, 6.45) is 2.32. The summed E-state index contributed by atoms with van der Waals surface area (Å²) in [6.45, 7) is 0.819. The van der Waals surface area contributed by atoms with E-state index in [0.29, 0.717) is 25.9 Å². The molecule has 0 unspecified atom stereocenters. The molecule has 0 aromatic heterocycles. The van der Waals surface area contributed by atoms with Crippen LogP contribution in [0.25, 0.3) is 0 Å². The van der Waals surface area contributed by atoms with E-state index in [2.05, 4.69) is 21.2 Å². The molecule has 0 saturated carbocycles. The number of nitrogens with zero attached hydrogens (tertiary/aromatic N) is 1. The topological polar surface area (TPSA) is 66.5 Å². The van der Waals surface area contributed by atoms with Crippen LogP contribution in [-0.2, 0) is 14.8 Å². The number of halogens is 1. The fourth-order valence-corrected chi connectivity index (χ4v) is 3.51. The molecule has 1 aromatic rings. The van der Waals surface area contributed by atoms with Gasteiger partial charge in [0.05, 0.1) is 11.9 Å². The molecule has 1 amide bonds. The van der Waals surface area contributed by atoms with E-state index in [1.807, 2.05) is 24.3 Å². The first-order valence-corrected chi connectivity index (χ1v) is 9.02. The molecule has 110 valence electrons. The zero-order valence-corrected chi connectivity index (χ0v) is 13.6. The summed E-state index contributed by atoms with van der Waals surface area (Å²) >= 11 is 3.38. The lowest BCUT2D eigenvalue weighted by Crippen LogP contribution is -2.40. The van der Waals surface area contributed by atoms with Gasteiger partial charge in [-0.3, -0.25) is 4.79 Å². The van der Waals surface area contributed by atoms with Gasteiger partial charge in [-0.05, 0) is 40.9 Å². The second-order valence-corrected chi connectivity index (χ2v) is 7.74. The molecule has 1 aliphatic heterocycles. The Morgan fingerprint density at radius 1 is 1.30 bits per heavy atom. The maximum Gasteiger partial charge on any atom is 0.227 e. The van der Waals surface area contributed by atoms with Crippen molar-refractivity contribution in [3.05, 3.63) is 28.7 Å². The number of carbonyl (C=O) groups is 1. The number of hydrogen-bond donors (Lipinski definition) is 1. The molecular weight excluding hydrogens is 344 g/mol. The number of anilines is 1. The Bertz CT molecular complexity index is 595. The first-order valence-electron chi connectivity index (χ1n) is 6.38. The molecule has 5 nitrogen and oxygen atoms in total. The van der Waals surface area contributed by atoms with E-state index in [-0.39, 0.29) is 11.8 Å². The molecule has 0 spiro atoms. The number of hydrogen-bond acceptors (Lipinski definition) is 3. The minimum atomic E-state index is -3.15. The van der Waals surface area contributed by atoms with Crippen molar-refractivity contribution in [2.75, 3.05) is 24.7 Å². The summed E-state index contributed by atoms with van der Waals surface area (Å²) in [7, 11) is -3.15. The van der Waals surface area contributed by atoms with Crippen molar-refractivity contribution < 1.29 is 13.2 Å². The third kappa shape index (κ3) is 3.80. The highest BCUT2D eigenvalue weighted by atomic mass is 79.9. The zero-order chi connectivity index (χ0) is 14.8. The molecule has 1 saturated heterocycles. The standard InChI is InChI=1S/C13H17BrN2O3S/c1-20(18,19)16-8-6-10(7-9-16)13(17)15-12-5-3-2-4-11(12)14/h2-5,10H,6-9H2,1H3,(H,15,17). The Labute approximate surface area is 127 Å². The first-order chi connectivity index (χ1) is 9.38. The van der Waals surface area contributed by atoms with E-state index >= 15 is 0 Å². The van der Waals surface area contributed by atoms with Crippen LogP contribution in [-0.4, -0.2) is 38.0 Å². The third-order valence-corrected chi connectivity index (χ3v) is 5.42. The number of para-hydroxylation sites is 1. The van der Waals surface area contributed by atoms with Gasteiger partial charge in [0.2, 0.25) is 15.9 Å². The van der Waals surface area contributed by atoms with E-state index in [4.69, 9.17) is 0 Å². The van der Waals surface area contributed by atoms with Crippen LogP contribution in [0.15, 0.2) is 28.7 Å². The minimum Gasteiger partial charge on any atom is -0.325 e. The van der Waals surface area contributed by atoms with Gasteiger partial charge in [-0.1, -0.05) is 12.1 Å². The van der Waals surface area contributed by atoms with Crippen molar-refractivity contribution in [3.8, 4) is 0 Å². The highest BCUT2D eigenvalue weighted by Gasteiger charge is 2.29. The fraction of sp³-hybridized carbons (Fsp3) is 0.462. The lowest BCUT2D eigenvalue weighted by atomic mass is 9.97. The fourth-order valence-electron chi connectivity index (χ4n) is 2.25. The van der Waals surface area contributed by atoms with E-state index in [9.17, 15) is 13.2 Å². The molecule has 1 aromatic carbocycles. The Hall–Kier alpha value is -0.920. The van der Waals surface area contributed by atoms with Crippen molar-refractivity contribution >= 4 is 37.5 Å². The lowest BCUT2D eigenvalue weighted by molar-refractivity contribution is -0.120. The normalized spacial score (nSPS) is 17.9. The zero-order valence-electron chi connectivity index (χ0n) is 11.2. The maximum absolute atomic E-state index is 12.2. The monoisotopic (exact) mass is 360 g/mol. The predicted molar refractivity (Wildman–Crippen MR) is 81.9 cm³/mol. The van der Waals surface area contributed by atoms with Crippen molar-refractivity contribution in [3.63, 3.8) is 0 Å². The van der Waals surface area contributed by atoms with Crippen molar-refractivity contribution in [2.24, 2.45) is 5.92 Å². The van der Waals surface area contributed by atoms with Gasteiger partial charge in [-0.15, -0.1) is 0 Å². The van der Waals surface area contributed by atoms with Gasteiger partial charge in [-0.25, -0.2) is 12.7 Å². The van der Waals surface area contributed by atoms with Crippen LogP contribution < -0.4 is 5.32 Å². The molecule has 2 rings (SSSR count). The summed E-state index contributed by atoms with van der Waals surface area (Å²) in [6, 6.07) is 7.42. The van der Waals surface area contributed by atoms with Gasteiger partial charge < -0.3 is 5.32 Å². The van der Waals surface area contributed by atoms with Crippen LogP contribution in [0.3, 0.4) is 0 Å². The average Bonchev–Trinajstić information content (AvgIpc) is 2.40. The molecule has 1 N–H and O–H groups in total. The molecule has 0 aliphatic carbocycles. The smallest absolute Gasteiger partial charge is 0.227 e. The van der Waals surface area contributed by atoms with E-state index in [0.717, 1.165) is 10.2 Å². The van der Waals surface area contributed by atoms with E-state index in [1.165, 1.54) is 10.6 Å². The number of rotatable bonds is 3. The molecule has 7 heteroatoms. The highest BCUT2D eigenvalue weighted by Crippen LogP contribution is 2.24. The van der Waals surface area contributed by atoms with Gasteiger partial charge in [0.25, 0.3) is 0 Å². The van der Waals surface area contributed by atoms with Crippen molar-refractivity contribution in [1.82, 2.24) is 4.31 Å². The number of benzene rings is 1. The second-order valence-electron chi connectivity index (χ2n) is 4.91. The summed E-state index contributed by atoms with van der Waals surface area (Å²) < 4.78 is 25.1. The van der Waals surface area contributed by atoms with Gasteiger partial charge in [0.1, 0.15) is 0 Å². The first kappa shape index (κ1) is 15.5. The number of amides is 1. The summed E-state index contributed by atoms with van der Waals surface area (Å²) in [5.41, 5.74) is 0.739. The SMILES string of the molecule is CS(=O)(=O)N1CCC(C(=O)Nc2ccccc2Br)CC1. The third-order valence-electron chi connectivity index (χ3n) is 3.43. The molecule has 0 radical (unpaired) electrons. The molecule has 0 bridgehead atoms. The number of carbonyl (C=O) groups excluding carboxylic acids is 1. The molecular formula is C13H17BrN2O3S. The van der Waals surface area contributed by atoms with E-state index < -0.39 is 10.0 Å². The van der Waals surface area contributed by atoms with Crippen LogP contribution in [0.1, 0.15) is 12.8 Å².